The van der Waals surface area contributed by atoms with E-state index >= 15 is 0 Å². The Morgan fingerprint density at radius 2 is 2.00 bits per heavy atom. The van der Waals surface area contributed by atoms with Gasteiger partial charge in [0.2, 0.25) is 0 Å². The molecular formula is C8H10F2O. The van der Waals surface area contributed by atoms with E-state index in [9.17, 15) is 13.6 Å². The van der Waals surface area contributed by atoms with Crippen LogP contribution in [0.1, 0.15) is 6.92 Å². The molecule has 0 saturated heterocycles. The average molecular weight is 160 g/mol. The van der Waals surface area contributed by atoms with E-state index in [2.05, 4.69) is 6.58 Å². The highest BCUT2D eigenvalue weighted by molar-refractivity contribution is 5.87. The molecule has 0 amide bonds. The second-order valence-electron chi connectivity index (χ2n) is 2.09. The highest BCUT2D eigenvalue weighted by atomic mass is 19.2. The van der Waals surface area contributed by atoms with Crippen molar-refractivity contribution in [3.63, 3.8) is 0 Å². The Bertz CT molecular complexity index is 175. The molecule has 0 radical (unpaired) electrons. The fraction of sp³-hybridized carbons (Fsp3) is 0.375. The molecule has 2 unspecified atom stereocenters. The van der Waals surface area contributed by atoms with Gasteiger partial charge in [0.1, 0.15) is 0 Å². The zero-order valence-corrected chi connectivity index (χ0v) is 6.26. The standard InChI is InChI=1S/C8H10F2O/c1-3-7(9)8(10)5-4-6(2)11/h3-5,7-8H,1H2,2H3. The molecule has 0 aliphatic rings. The third kappa shape index (κ3) is 4.42. The fourth-order valence-corrected chi connectivity index (χ4v) is 0.464. The monoisotopic (exact) mass is 160 g/mol. The Labute approximate surface area is 64.4 Å². The molecule has 0 fully saturated rings. The van der Waals surface area contributed by atoms with Crippen LogP contribution in [0.3, 0.4) is 0 Å². The molecule has 3 heteroatoms. The molecule has 0 bridgehead atoms. The predicted molar refractivity (Wildman–Crippen MR) is 39.8 cm³/mol. The Balaban J connectivity index is 3.94. The minimum absolute atomic E-state index is 0.302. The van der Waals surface area contributed by atoms with Gasteiger partial charge in [-0.3, -0.25) is 4.79 Å². The molecule has 0 rings (SSSR count). The van der Waals surface area contributed by atoms with Crippen LogP contribution in [0.2, 0.25) is 0 Å². The number of allylic oxidation sites excluding steroid dienone is 3. The normalized spacial score (nSPS) is 16.3. The van der Waals surface area contributed by atoms with E-state index in [1.165, 1.54) is 6.92 Å². The van der Waals surface area contributed by atoms with Gasteiger partial charge in [0.25, 0.3) is 0 Å². The van der Waals surface area contributed by atoms with Gasteiger partial charge in [-0.05, 0) is 19.1 Å². The summed E-state index contributed by atoms with van der Waals surface area (Å²) in [6, 6.07) is 0. The minimum Gasteiger partial charge on any atom is -0.295 e. The van der Waals surface area contributed by atoms with E-state index in [1.54, 1.807) is 0 Å². The summed E-state index contributed by atoms with van der Waals surface area (Å²) in [6.07, 6.45) is -0.758. The third-order valence-corrected chi connectivity index (χ3v) is 1.04. The lowest BCUT2D eigenvalue weighted by Crippen LogP contribution is -2.11. The first-order valence-corrected chi connectivity index (χ1v) is 3.17. The average Bonchev–Trinajstić information content (AvgIpc) is 1.98. The van der Waals surface area contributed by atoms with Crippen LogP contribution in [-0.4, -0.2) is 18.1 Å². The molecule has 11 heavy (non-hydrogen) atoms. The maximum atomic E-state index is 12.5. The fourth-order valence-electron chi connectivity index (χ4n) is 0.464. The van der Waals surface area contributed by atoms with Gasteiger partial charge < -0.3 is 0 Å². The zero-order valence-electron chi connectivity index (χ0n) is 6.26. The summed E-state index contributed by atoms with van der Waals surface area (Å²) in [5, 5.41) is 0. The summed E-state index contributed by atoms with van der Waals surface area (Å²) in [7, 11) is 0. The summed E-state index contributed by atoms with van der Waals surface area (Å²) in [5.74, 6) is -0.302. The van der Waals surface area contributed by atoms with Crippen LogP contribution < -0.4 is 0 Å². The van der Waals surface area contributed by atoms with Crippen LogP contribution in [0.5, 0.6) is 0 Å². The second kappa shape index (κ2) is 4.77. The van der Waals surface area contributed by atoms with Crippen molar-refractivity contribution in [1.82, 2.24) is 0 Å². The van der Waals surface area contributed by atoms with Gasteiger partial charge in [-0.2, -0.15) is 0 Å². The van der Waals surface area contributed by atoms with E-state index in [0.717, 1.165) is 18.2 Å². The van der Waals surface area contributed by atoms with Crippen molar-refractivity contribution in [2.24, 2.45) is 0 Å². The van der Waals surface area contributed by atoms with E-state index in [1.807, 2.05) is 0 Å². The van der Waals surface area contributed by atoms with Crippen LogP contribution in [0.15, 0.2) is 24.8 Å². The van der Waals surface area contributed by atoms with Crippen LogP contribution in [0.4, 0.5) is 8.78 Å². The number of rotatable bonds is 4. The van der Waals surface area contributed by atoms with Crippen LogP contribution >= 0.6 is 0 Å². The molecule has 0 aromatic rings. The number of alkyl halides is 2. The molecule has 0 heterocycles. The van der Waals surface area contributed by atoms with E-state index in [-0.39, 0.29) is 5.78 Å². The lowest BCUT2D eigenvalue weighted by molar-refractivity contribution is -0.112. The van der Waals surface area contributed by atoms with E-state index in [0.29, 0.717) is 0 Å². The molecule has 62 valence electrons. The van der Waals surface area contributed by atoms with Gasteiger partial charge in [-0.15, -0.1) is 6.58 Å². The molecule has 1 nitrogen and oxygen atoms in total. The Kier molecular flexibility index (Phi) is 4.34. The minimum atomic E-state index is -1.77. The van der Waals surface area contributed by atoms with Gasteiger partial charge in [-0.1, -0.05) is 6.08 Å². The molecule has 0 spiro atoms. The Morgan fingerprint density at radius 3 is 2.36 bits per heavy atom. The molecule has 0 N–H and O–H groups in total. The van der Waals surface area contributed by atoms with E-state index < -0.39 is 12.3 Å². The summed E-state index contributed by atoms with van der Waals surface area (Å²) in [4.78, 5) is 10.3. The summed E-state index contributed by atoms with van der Waals surface area (Å²) in [5.41, 5.74) is 0. The van der Waals surface area contributed by atoms with Crippen molar-refractivity contribution in [3.05, 3.63) is 24.8 Å². The van der Waals surface area contributed by atoms with Crippen LogP contribution in [0.25, 0.3) is 0 Å². The first kappa shape index (κ1) is 10.0. The smallest absolute Gasteiger partial charge is 0.153 e. The Hall–Kier alpha value is -0.990. The Morgan fingerprint density at radius 1 is 1.45 bits per heavy atom. The highest BCUT2D eigenvalue weighted by Gasteiger charge is 2.12. The topological polar surface area (TPSA) is 17.1 Å². The molecular weight excluding hydrogens is 150 g/mol. The van der Waals surface area contributed by atoms with Gasteiger partial charge in [0.15, 0.2) is 18.1 Å². The number of hydrogen-bond acceptors (Lipinski definition) is 1. The zero-order chi connectivity index (χ0) is 8.85. The van der Waals surface area contributed by atoms with Crippen molar-refractivity contribution < 1.29 is 13.6 Å². The molecule has 2 atom stereocenters. The molecule has 0 aromatic carbocycles. The summed E-state index contributed by atoms with van der Waals surface area (Å²) < 4.78 is 24.8. The van der Waals surface area contributed by atoms with Gasteiger partial charge in [0, 0.05) is 0 Å². The van der Waals surface area contributed by atoms with E-state index in [4.69, 9.17) is 0 Å². The number of carbonyl (C=O) groups excluding carboxylic acids is 1. The maximum absolute atomic E-state index is 12.5. The second-order valence-corrected chi connectivity index (χ2v) is 2.09. The van der Waals surface area contributed by atoms with Crippen molar-refractivity contribution in [2.75, 3.05) is 0 Å². The number of carbonyl (C=O) groups is 1. The highest BCUT2D eigenvalue weighted by Crippen LogP contribution is 2.05. The SMILES string of the molecule is C=CC(F)C(F)C=CC(C)=O. The first-order valence-electron chi connectivity index (χ1n) is 3.17. The van der Waals surface area contributed by atoms with Crippen molar-refractivity contribution in [1.29, 1.82) is 0 Å². The molecule has 0 saturated carbocycles. The number of ketones is 1. The first-order chi connectivity index (χ1) is 5.07. The van der Waals surface area contributed by atoms with Gasteiger partial charge >= 0.3 is 0 Å². The van der Waals surface area contributed by atoms with Crippen molar-refractivity contribution in [2.45, 2.75) is 19.3 Å². The lowest BCUT2D eigenvalue weighted by atomic mass is 10.2. The van der Waals surface area contributed by atoms with Gasteiger partial charge in [0.05, 0.1) is 0 Å². The largest absolute Gasteiger partial charge is 0.295 e. The number of hydrogen-bond donors (Lipinski definition) is 0. The molecule has 0 aliphatic heterocycles. The summed E-state index contributed by atoms with van der Waals surface area (Å²) in [6.45, 7) is 4.34. The maximum Gasteiger partial charge on any atom is 0.153 e. The number of halogens is 2. The van der Waals surface area contributed by atoms with Gasteiger partial charge in [-0.25, -0.2) is 8.78 Å². The molecule has 0 aliphatic carbocycles. The summed E-state index contributed by atoms with van der Waals surface area (Å²) >= 11 is 0. The van der Waals surface area contributed by atoms with Crippen LogP contribution in [0, 0.1) is 0 Å². The quantitative estimate of drug-likeness (QED) is 0.454. The van der Waals surface area contributed by atoms with Crippen molar-refractivity contribution >= 4 is 5.78 Å². The predicted octanol–water partition coefficient (Wildman–Crippen LogP) is 1.99. The lowest BCUT2D eigenvalue weighted by Gasteiger charge is -2.02. The van der Waals surface area contributed by atoms with Crippen LogP contribution in [-0.2, 0) is 4.79 Å². The molecule has 0 aromatic heterocycles. The van der Waals surface area contributed by atoms with Crippen molar-refractivity contribution in [3.8, 4) is 0 Å². The third-order valence-electron chi connectivity index (χ3n) is 1.04.